The van der Waals surface area contributed by atoms with E-state index in [0.717, 1.165) is 37.0 Å². The van der Waals surface area contributed by atoms with Gasteiger partial charge in [0.15, 0.2) is 0 Å². The molecule has 0 radical (unpaired) electrons. The van der Waals surface area contributed by atoms with Crippen molar-refractivity contribution in [1.29, 1.82) is 0 Å². The highest BCUT2D eigenvalue weighted by atomic mass is 35.5. The van der Waals surface area contributed by atoms with Crippen LogP contribution in [0.25, 0.3) is 0 Å². The topological polar surface area (TPSA) is 21.7 Å². The molecule has 1 saturated heterocycles. The summed E-state index contributed by atoms with van der Waals surface area (Å²) in [6.45, 7) is 6.60. The fourth-order valence-corrected chi connectivity index (χ4v) is 2.01. The van der Waals surface area contributed by atoms with Gasteiger partial charge in [-0.2, -0.15) is 0 Å². The second-order valence-electron chi connectivity index (χ2n) is 4.15. The zero-order valence-electron chi connectivity index (χ0n) is 10.1. The Hall–Kier alpha value is -0.770. The van der Waals surface area contributed by atoms with Crippen LogP contribution in [0.15, 0.2) is 24.3 Å². The van der Waals surface area contributed by atoms with E-state index in [0.29, 0.717) is 6.61 Å². The summed E-state index contributed by atoms with van der Waals surface area (Å²) in [7, 11) is 0. The Morgan fingerprint density at radius 3 is 2.88 bits per heavy atom. The zero-order valence-corrected chi connectivity index (χ0v) is 10.8. The SMILES string of the molecule is CCN1CCOC(COc2ccc(Cl)cc2)C1. The fraction of sp³-hybridized carbons (Fsp3) is 0.538. The summed E-state index contributed by atoms with van der Waals surface area (Å²) in [6, 6.07) is 7.42. The van der Waals surface area contributed by atoms with E-state index in [-0.39, 0.29) is 6.10 Å². The Kier molecular flexibility index (Phi) is 4.66. The number of morpholine rings is 1. The number of rotatable bonds is 4. The molecular weight excluding hydrogens is 238 g/mol. The lowest BCUT2D eigenvalue weighted by atomic mass is 10.3. The molecule has 2 rings (SSSR count). The van der Waals surface area contributed by atoms with Crippen molar-refractivity contribution >= 4 is 11.6 Å². The van der Waals surface area contributed by atoms with E-state index >= 15 is 0 Å². The third-order valence-electron chi connectivity index (χ3n) is 2.92. The van der Waals surface area contributed by atoms with Gasteiger partial charge >= 0.3 is 0 Å². The van der Waals surface area contributed by atoms with Crippen molar-refractivity contribution in [1.82, 2.24) is 4.90 Å². The molecule has 0 saturated carbocycles. The Bertz CT molecular complexity index is 342. The molecule has 0 spiro atoms. The summed E-state index contributed by atoms with van der Waals surface area (Å²) in [5.41, 5.74) is 0. The van der Waals surface area contributed by atoms with Crippen molar-refractivity contribution in [3.05, 3.63) is 29.3 Å². The third-order valence-corrected chi connectivity index (χ3v) is 3.17. The molecular formula is C13H18ClNO2. The van der Waals surface area contributed by atoms with E-state index in [9.17, 15) is 0 Å². The highest BCUT2D eigenvalue weighted by Gasteiger charge is 2.19. The first-order valence-electron chi connectivity index (χ1n) is 6.00. The monoisotopic (exact) mass is 255 g/mol. The molecule has 1 heterocycles. The van der Waals surface area contributed by atoms with Gasteiger partial charge in [0.05, 0.1) is 6.61 Å². The summed E-state index contributed by atoms with van der Waals surface area (Å²) >= 11 is 5.81. The van der Waals surface area contributed by atoms with Crippen LogP contribution in [0.4, 0.5) is 0 Å². The van der Waals surface area contributed by atoms with Gasteiger partial charge in [-0.1, -0.05) is 18.5 Å². The quantitative estimate of drug-likeness (QED) is 0.825. The van der Waals surface area contributed by atoms with Gasteiger partial charge in [0.1, 0.15) is 18.5 Å². The first-order chi connectivity index (χ1) is 8.28. The Morgan fingerprint density at radius 2 is 2.18 bits per heavy atom. The highest BCUT2D eigenvalue weighted by Crippen LogP contribution is 2.16. The van der Waals surface area contributed by atoms with Crippen LogP contribution in [0, 0.1) is 0 Å². The molecule has 3 nitrogen and oxygen atoms in total. The molecule has 1 aromatic rings. The number of hydrogen-bond donors (Lipinski definition) is 0. The van der Waals surface area contributed by atoms with E-state index in [1.54, 1.807) is 0 Å². The maximum Gasteiger partial charge on any atom is 0.119 e. The van der Waals surface area contributed by atoms with Gasteiger partial charge in [0, 0.05) is 18.1 Å². The van der Waals surface area contributed by atoms with Gasteiger partial charge in [-0.3, -0.25) is 4.90 Å². The summed E-state index contributed by atoms with van der Waals surface area (Å²) in [5.74, 6) is 0.839. The molecule has 0 amide bonds. The maximum absolute atomic E-state index is 5.81. The van der Waals surface area contributed by atoms with Crippen molar-refractivity contribution in [2.75, 3.05) is 32.8 Å². The van der Waals surface area contributed by atoms with Crippen LogP contribution in [0.3, 0.4) is 0 Å². The molecule has 4 heteroatoms. The fourth-order valence-electron chi connectivity index (χ4n) is 1.89. The van der Waals surface area contributed by atoms with Crippen LogP contribution in [-0.4, -0.2) is 43.9 Å². The smallest absolute Gasteiger partial charge is 0.119 e. The van der Waals surface area contributed by atoms with Crippen LogP contribution in [-0.2, 0) is 4.74 Å². The van der Waals surface area contributed by atoms with Crippen molar-refractivity contribution in [3.8, 4) is 5.75 Å². The van der Waals surface area contributed by atoms with Gasteiger partial charge < -0.3 is 9.47 Å². The Labute approximate surface area is 107 Å². The van der Waals surface area contributed by atoms with E-state index in [1.165, 1.54) is 0 Å². The minimum Gasteiger partial charge on any atom is -0.491 e. The van der Waals surface area contributed by atoms with E-state index in [4.69, 9.17) is 21.1 Å². The highest BCUT2D eigenvalue weighted by molar-refractivity contribution is 6.30. The van der Waals surface area contributed by atoms with Crippen LogP contribution < -0.4 is 4.74 Å². The normalized spacial score (nSPS) is 21.4. The number of likely N-dealkylation sites (N-methyl/N-ethyl adjacent to an activating group) is 1. The molecule has 1 unspecified atom stereocenters. The predicted molar refractivity (Wildman–Crippen MR) is 68.8 cm³/mol. The molecule has 1 aliphatic heterocycles. The Balaban J connectivity index is 1.79. The third kappa shape index (κ3) is 3.87. The van der Waals surface area contributed by atoms with E-state index in [2.05, 4.69) is 11.8 Å². The molecule has 0 N–H and O–H groups in total. The number of hydrogen-bond acceptors (Lipinski definition) is 3. The molecule has 1 aromatic carbocycles. The van der Waals surface area contributed by atoms with Crippen molar-refractivity contribution in [3.63, 3.8) is 0 Å². The lowest BCUT2D eigenvalue weighted by molar-refractivity contribution is -0.0464. The molecule has 1 fully saturated rings. The lowest BCUT2D eigenvalue weighted by Gasteiger charge is -2.31. The first-order valence-corrected chi connectivity index (χ1v) is 6.38. The second kappa shape index (κ2) is 6.24. The van der Waals surface area contributed by atoms with Gasteiger partial charge in [-0.25, -0.2) is 0 Å². The van der Waals surface area contributed by atoms with Gasteiger partial charge in [-0.05, 0) is 30.8 Å². The molecule has 1 atom stereocenters. The number of benzene rings is 1. The van der Waals surface area contributed by atoms with Crippen LogP contribution in [0.5, 0.6) is 5.75 Å². The minimum atomic E-state index is 0.166. The number of halogens is 1. The molecule has 0 aliphatic carbocycles. The van der Waals surface area contributed by atoms with Gasteiger partial charge in [0.25, 0.3) is 0 Å². The lowest BCUT2D eigenvalue weighted by Crippen LogP contribution is -2.44. The standard InChI is InChI=1S/C13H18ClNO2/c1-2-15-7-8-16-13(9-15)10-17-12-5-3-11(14)4-6-12/h3-6,13H,2,7-10H2,1H3. The molecule has 1 aliphatic rings. The predicted octanol–water partition coefficient (Wildman–Crippen LogP) is 2.44. The van der Waals surface area contributed by atoms with E-state index in [1.807, 2.05) is 24.3 Å². The summed E-state index contributed by atoms with van der Waals surface area (Å²) in [5, 5.41) is 0.725. The number of nitrogens with zero attached hydrogens (tertiary/aromatic N) is 1. The van der Waals surface area contributed by atoms with E-state index < -0.39 is 0 Å². The summed E-state index contributed by atoms with van der Waals surface area (Å²) < 4.78 is 11.3. The van der Waals surface area contributed by atoms with Crippen LogP contribution in [0.1, 0.15) is 6.92 Å². The van der Waals surface area contributed by atoms with Crippen molar-refractivity contribution in [2.24, 2.45) is 0 Å². The first kappa shape index (κ1) is 12.7. The van der Waals surface area contributed by atoms with Gasteiger partial charge in [-0.15, -0.1) is 0 Å². The van der Waals surface area contributed by atoms with Crippen LogP contribution >= 0.6 is 11.6 Å². The molecule has 0 bridgehead atoms. The average Bonchev–Trinajstić information content (AvgIpc) is 2.38. The Morgan fingerprint density at radius 1 is 1.41 bits per heavy atom. The largest absolute Gasteiger partial charge is 0.491 e. The number of ether oxygens (including phenoxy) is 2. The van der Waals surface area contributed by atoms with Crippen molar-refractivity contribution in [2.45, 2.75) is 13.0 Å². The zero-order chi connectivity index (χ0) is 12.1. The summed E-state index contributed by atoms with van der Waals surface area (Å²) in [4.78, 5) is 2.37. The second-order valence-corrected chi connectivity index (χ2v) is 4.59. The minimum absolute atomic E-state index is 0.166. The molecule has 0 aromatic heterocycles. The van der Waals surface area contributed by atoms with Crippen molar-refractivity contribution < 1.29 is 9.47 Å². The molecule has 94 valence electrons. The molecule has 17 heavy (non-hydrogen) atoms. The average molecular weight is 256 g/mol. The van der Waals surface area contributed by atoms with Crippen LogP contribution in [0.2, 0.25) is 5.02 Å². The van der Waals surface area contributed by atoms with Gasteiger partial charge in [0.2, 0.25) is 0 Å². The maximum atomic E-state index is 5.81. The summed E-state index contributed by atoms with van der Waals surface area (Å²) in [6.07, 6.45) is 0.166.